The first-order valence-electron chi connectivity index (χ1n) is 16.8. The maximum atomic E-state index is 5.43. The summed E-state index contributed by atoms with van der Waals surface area (Å²) in [4.78, 5) is 9.24. The van der Waals surface area contributed by atoms with Gasteiger partial charge in [0.25, 0.3) is 0 Å². The Labute approximate surface area is 280 Å². The lowest BCUT2D eigenvalue weighted by Gasteiger charge is -2.35. The normalized spacial score (nSPS) is 15.1. The largest absolute Gasteiger partial charge is 0.497 e. The number of allylic oxidation sites excluding steroid dienone is 1. The summed E-state index contributed by atoms with van der Waals surface area (Å²) in [7, 11) is 3.59. The van der Waals surface area contributed by atoms with Crippen LogP contribution in [0.2, 0.25) is 0 Å². The molecule has 0 saturated carbocycles. The summed E-state index contributed by atoms with van der Waals surface area (Å²) < 4.78 is 5.43. The van der Waals surface area contributed by atoms with Crippen molar-refractivity contribution in [2.45, 2.75) is 52.5 Å². The number of aryl methyl sites for hydroxylation is 3. The van der Waals surface area contributed by atoms with Gasteiger partial charge in [0.15, 0.2) is 0 Å². The molecule has 0 spiro atoms. The lowest BCUT2D eigenvalue weighted by Crippen LogP contribution is -2.32. The molecule has 1 unspecified atom stereocenters. The summed E-state index contributed by atoms with van der Waals surface area (Å²) in [6.45, 7) is 6.64. The fourth-order valence-corrected chi connectivity index (χ4v) is 6.49. The minimum absolute atomic E-state index is 0.270. The third-order valence-corrected chi connectivity index (χ3v) is 9.29. The van der Waals surface area contributed by atoms with Gasteiger partial charge in [0, 0.05) is 41.2 Å². The van der Waals surface area contributed by atoms with E-state index >= 15 is 0 Å². The van der Waals surface area contributed by atoms with Crippen LogP contribution >= 0.6 is 0 Å². The maximum absolute atomic E-state index is 5.43. The molecule has 238 valence electrons. The second kappa shape index (κ2) is 14.6. The number of hydrogen-bond donors (Lipinski definition) is 0. The molecule has 6 rings (SSSR count). The van der Waals surface area contributed by atoms with Gasteiger partial charge in [-0.15, -0.1) is 0 Å². The van der Waals surface area contributed by atoms with Crippen molar-refractivity contribution in [3.8, 4) is 16.9 Å². The molecule has 1 aliphatic carbocycles. The summed E-state index contributed by atoms with van der Waals surface area (Å²) in [6.07, 6.45) is 8.59. The number of anilines is 5. The molecule has 1 aliphatic rings. The third kappa shape index (κ3) is 7.02. The number of aliphatic imine (C=N–C) groups is 1. The smallest absolute Gasteiger partial charge is 0.119 e. The van der Waals surface area contributed by atoms with Gasteiger partial charge in [-0.25, -0.2) is 0 Å². The molecule has 0 saturated heterocycles. The first-order chi connectivity index (χ1) is 23.0. The van der Waals surface area contributed by atoms with Crippen LogP contribution < -0.4 is 14.5 Å². The van der Waals surface area contributed by atoms with E-state index in [0.717, 1.165) is 48.5 Å². The fourth-order valence-electron chi connectivity index (χ4n) is 6.49. The Kier molecular flexibility index (Phi) is 9.87. The summed E-state index contributed by atoms with van der Waals surface area (Å²) in [5.74, 6) is 0.847. The molecule has 0 N–H and O–H groups in total. The number of hydrogen-bond acceptors (Lipinski definition) is 4. The number of methoxy groups -OCH3 is 1. The summed E-state index contributed by atoms with van der Waals surface area (Å²) in [6, 6.07) is 42.2. The average molecular weight is 620 g/mol. The summed E-state index contributed by atoms with van der Waals surface area (Å²) >= 11 is 0. The number of benzene rings is 5. The Morgan fingerprint density at radius 3 is 1.70 bits per heavy atom. The molecule has 5 aromatic rings. The maximum Gasteiger partial charge on any atom is 0.119 e. The van der Waals surface area contributed by atoms with Crippen LogP contribution in [-0.2, 0) is 12.8 Å². The molecule has 0 amide bonds. The summed E-state index contributed by atoms with van der Waals surface area (Å²) in [5.41, 5.74) is 13.3. The van der Waals surface area contributed by atoms with Crippen molar-refractivity contribution in [2.75, 3.05) is 24.0 Å². The van der Waals surface area contributed by atoms with Crippen LogP contribution in [0.1, 0.15) is 43.4 Å². The zero-order chi connectivity index (χ0) is 32.8. The minimum atomic E-state index is 0.270. The van der Waals surface area contributed by atoms with Gasteiger partial charge in [0.2, 0.25) is 0 Å². The third-order valence-electron chi connectivity index (χ3n) is 9.29. The number of nitrogens with zero attached hydrogens (tertiary/aromatic N) is 3. The van der Waals surface area contributed by atoms with Gasteiger partial charge in [0.1, 0.15) is 5.75 Å². The van der Waals surface area contributed by atoms with Gasteiger partial charge >= 0.3 is 0 Å². The second-order valence-electron chi connectivity index (χ2n) is 12.2. The Morgan fingerprint density at radius 2 is 1.21 bits per heavy atom. The van der Waals surface area contributed by atoms with Crippen LogP contribution in [0.15, 0.2) is 132 Å². The number of ether oxygens (including phenoxy) is 1. The van der Waals surface area contributed by atoms with Crippen molar-refractivity contribution < 1.29 is 4.74 Å². The molecule has 0 radical (unpaired) electrons. The SMILES string of the molecule is CCc1ccc(N(c2ccc(OC)cc2)c2ccc(-c3ccc(N(c4ccc(CC)cc4C)C4C=CC(=NC)CC4)cc3)cc2)cc1. The van der Waals surface area contributed by atoms with Crippen molar-refractivity contribution in [3.63, 3.8) is 0 Å². The van der Waals surface area contributed by atoms with Crippen LogP contribution in [0.4, 0.5) is 28.4 Å². The van der Waals surface area contributed by atoms with Gasteiger partial charge in [-0.3, -0.25) is 4.99 Å². The van der Waals surface area contributed by atoms with Crippen LogP contribution in [0.5, 0.6) is 5.75 Å². The molecule has 47 heavy (non-hydrogen) atoms. The molecule has 1 atom stereocenters. The van der Waals surface area contributed by atoms with E-state index in [-0.39, 0.29) is 6.04 Å². The van der Waals surface area contributed by atoms with Crippen molar-refractivity contribution in [3.05, 3.63) is 144 Å². The molecular formula is C43H45N3O. The standard InChI is InChI=1S/C43H45N3O/c1-6-32-8-17-37(18-9-32)45(39-25-27-42(47-5)28-26-39)38-19-11-34(12-20-38)35-13-21-40(22-14-35)46(41-23-15-36(44-4)16-24-41)43-29-10-33(7-2)30-31(43)3/h8-15,17-23,25-30,41H,6-7,16,24H2,1-5H3. The molecule has 4 nitrogen and oxygen atoms in total. The van der Waals surface area contributed by atoms with Crippen LogP contribution in [0.3, 0.4) is 0 Å². The van der Waals surface area contributed by atoms with Crippen LogP contribution in [0, 0.1) is 6.92 Å². The van der Waals surface area contributed by atoms with Gasteiger partial charge in [-0.1, -0.05) is 68.5 Å². The van der Waals surface area contributed by atoms with Crippen LogP contribution in [-0.4, -0.2) is 25.9 Å². The molecule has 0 aliphatic heterocycles. The highest BCUT2D eigenvalue weighted by molar-refractivity contribution is 5.96. The fraction of sp³-hybridized carbons (Fsp3) is 0.233. The Balaban J connectivity index is 1.31. The molecule has 0 aromatic heterocycles. The minimum Gasteiger partial charge on any atom is -0.497 e. The quantitative estimate of drug-likeness (QED) is 0.156. The van der Waals surface area contributed by atoms with Crippen molar-refractivity contribution in [1.29, 1.82) is 0 Å². The Bertz CT molecular complexity index is 1790. The highest BCUT2D eigenvalue weighted by atomic mass is 16.5. The predicted molar refractivity (Wildman–Crippen MR) is 201 cm³/mol. The molecular weight excluding hydrogens is 574 g/mol. The molecule has 0 heterocycles. The average Bonchev–Trinajstić information content (AvgIpc) is 3.14. The van der Waals surface area contributed by atoms with Crippen molar-refractivity contribution in [2.24, 2.45) is 4.99 Å². The monoisotopic (exact) mass is 619 g/mol. The van der Waals surface area contributed by atoms with E-state index in [2.05, 4.69) is 151 Å². The van der Waals surface area contributed by atoms with Gasteiger partial charge in [-0.2, -0.15) is 0 Å². The second-order valence-corrected chi connectivity index (χ2v) is 12.2. The van der Waals surface area contributed by atoms with Gasteiger partial charge in [-0.05, 0) is 133 Å². The Morgan fingerprint density at radius 1 is 0.681 bits per heavy atom. The molecule has 0 bridgehead atoms. The molecule has 5 aromatic carbocycles. The van der Waals surface area contributed by atoms with E-state index in [0.29, 0.717) is 0 Å². The first-order valence-corrected chi connectivity index (χ1v) is 16.8. The highest BCUT2D eigenvalue weighted by Gasteiger charge is 2.23. The van der Waals surface area contributed by atoms with Crippen molar-refractivity contribution >= 4 is 34.1 Å². The molecule has 0 fully saturated rings. The van der Waals surface area contributed by atoms with E-state index in [9.17, 15) is 0 Å². The van der Waals surface area contributed by atoms with E-state index in [1.807, 2.05) is 19.2 Å². The highest BCUT2D eigenvalue weighted by Crippen LogP contribution is 2.38. The van der Waals surface area contributed by atoms with Gasteiger partial charge in [0.05, 0.1) is 13.2 Å². The van der Waals surface area contributed by atoms with E-state index in [4.69, 9.17) is 4.74 Å². The van der Waals surface area contributed by atoms with Gasteiger partial charge < -0.3 is 14.5 Å². The lowest BCUT2D eigenvalue weighted by molar-refractivity contribution is 0.415. The zero-order valence-corrected chi connectivity index (χ0v) is 28.3. The lowest BCUT2D eigenvalue weighted by atomic mass is 9.96. The first kappa shape index (κ1) is 31.9. The zero-order valence-electron chi connectivity index (χ0n) is 28.3. The van der Waals surface area contributed by atoms with E-state index in [1.54, 1.807) is 7.11 Å². The van der Waals surface area contributed by atoms with E-state index in [1.165, 1.54) is 44.9 Å². The Hall–Kier alpha value is -5.09. The van der Waals surface area contributed by atoms with Crippen LogP contribution in [0.25, 0.3) is 11.1 Å². The van der Waals surface area contributed by atoms with E-state index < -0.39 is 0 Å². The molecule has 4 heteroatoms. The number of rotatable bonds is 10. The predicted octanol–water partition coefficient (Wildman–Crippen LogP) is 11.2. The summed E-state index contributed by atoms with van der Waals surface area (Å²) in [5, 5.41) is 0. The van der Waals surface area contributed by atoms with Crippen molar-refractivity contribution in [1.82, 2.24) is 0 Å². The topological polar surface area (TPSA) is 28.1 Å².